The normalized spacial score (nSPS) is 10.1. The molecule has 0 radical (unpaired) electrons. The fourth-order valence-electron chi connectivity index (χ4n) is 1.21. The Hall–Kier alpha value is -2.24. The second kappa shape index (κ2) is 4.09. The maximum Gasteiger partial charge on any atom is 0.135 e. The molecule has 16 heavy (non-hydrogen) atoms. The van der Waals surface area contributed by atoms with Crippen LogP contribution in [0.3, 0.4) is 0 Å². The van der Waals surface area contributed by atoms with Crippen molar-refractivity contribution in [3.05, 3.63) is 42.2 Å². The maximum absolute atomic E-state index is 12.9. The average molecular weight is 222 g/mol. The van der Waals surface area contributed by atoms with Gasteiger partial charge >= 0.3 is 0 Å². The van der Waals surface area contributed by atoms with E-state index in [1.807, 2.05) is 0 Å². The van der Waals surface area contributed by atoms with E-state index in [1.165, 1.54) is 12.4 Å². The summed E-state index contributed by atoms with van der Waals surface area (Å²) in [4.78, 5) is 7.54. The lowest BCUT2D eigenvalue weighted by atomic mass is 10.3. The molecule has 82 valence electrons. The van der Waals surface area contributed by atoms with E-state index in [1.54, 1.807) is 0 Å². The summed E-state index contributed by atoms with van der Waals surface area (Å²) in [5, 5.41) is 2.72. The van der Waals surface area contributed by atoms with E-state index in [0.29, 0.717) is 5.82 Å². The molecular weight excluding hydrogens is 214 g/mol. The molecule has 0 amide bonds. The fourth-order valence-corrected chi connectivity index (χ4v) is 1.21. The van der Waals surface area contributed by atoms with Crippen molar-refractivity contribution in [2.45, 2.75) is 0 Å². The molecule has 0 bridgehead atoms. The van der Waals surface area contributed by atoms with Crippen LogP contribution in [-0.4, -0.2) is 9.97 Å². The Morgan fingerprint density at radius 2 is 1.69 bits per heavy atom. The first kappa shape index (κ1) is 10.3. The standard InChI is InChI=1S/C10H8F2N4/c11-6-1-7(12)3-8(2-6)16-10-4-9(13)14-5-15-10/h1-5H,(H3,13,14,15,16). The number of halogens is 2. The van der Waals surface area contributed by atoms with Gasteiger partial charge in [0, 0.05) is 17.8 Å². The molecule has 1 aromatic carbocycles. The van der Waals surface area contributed by atoms with Gasteiger partial charge in [-0.25, -0.2) is 18.7 Å². The molecular formula is C10H8F2N4. The monoisotopic (exact) mass is 222 g/mol. The minimum Gasteiger partial charge on any atom is -0.384 e. The number of nitrogens with zero attached hydrogens (tertiary/aromatic N) is 2. The summed E-state index contributed by atoms with van der Waals surface area (Å²) in [5.74, 6) is -0.680. The number of benzene rings is 1. The lowest BCUT2D eigenvalue weighted by molar-refractivity contribution is 0.584. The highest BCUT2D eigenvalue weighted by molar-refractivity contribution is 5.58. The number of anilines is 3. The predicted octanol–water partition coefficient (Wildman–Crippen LogP) is 2.08. The summed E-state index contributed by atoms with van der Waals surface area (Å²) >= 11 is 0. The molecule has 0 spiro atoms. The van der Waals surface area contributed by atoms with Gasteiger partial charge in [0.05, 0.1) is 0 Å². The van der Waals surface area contributed by atoms with Crippen LogP contribution in [0.1, 0.15) is 0 Å². The van der Waals surface area contributed by atoms with Gasteiger partial charge in [-0.3, -0.25) is 0 Å². The van der Waals surface area contributed by atoms with Crippen molar-refractivity contribution in [2.75, 3.05) is 11.1 Å². The quantitative estimate of drug-likeness (QED) is 0.816. The Bertz CT molecular complexity index is 496. The first-order chi connectivity index (χ1) is 7.63. The molecule has 0 fully saturated rings. The second-order valence-corrected chi connectivity index (χ2v) is 3.11. The van der Waals surface area contributed by atoms with E-state index < -0.39 is 11.6 Å². The molecule has 1 aromatic heterocycles. The highest BCUT2D eigenvalue weighted by Gasteiger charge is 2.02. The maximum atomic E-state index is 12.9. The third kappa shape index (κ3) is 2.41. The molecule has 0 saturated heterocycles. The molecule has 0 saturated carbocycles. The Balaban J connectivity index is 2.27. The highest BCUT2D eigenvalue weighted by Crippen LogP contribution is 2.17. The predicted molar refractivity (Wildman–Crippen MR) is 56.1 cm³/mol. The molecule has 3 N–H and O–H groups in total. The summed E-state index contributed by atoms with van der Waals surface area (Å²) in [6.45, 7) is 0. The zero-order valence-electron chi connectivity index (χ0n) is 8.11. The van der Waals surface area contributed by atoms with Gasteiger partial charge < -0.3 is 11.1 Å². The molecule has 2 rings (SSSR count). The summed E-state index contributed by atoms with van der Waals surface area (Å²) < 4.78 is 25.7. The Labute approximate surface area is 90.1 Å². The zero-order valence-corrected chi connectivity index (χ0v) is 8.11. The summed E-state index contributed by atoms with van der Waals surface area (Å²) in [6, 6.07) is 4.56. The van der Waals surface area contributed by atoms with Gasteiger partial charge in [-0.15, -0.1) is 0 Å². The number of hydrogen-bond donors (Lipinski definition) is 2. The lowest BCUT2D eigenvalue weighted by Gasteiger charge is -2.05. The van der Waals surface area contributed by atoms with Gasteiger partial charge in [0.15, 0.2) is 0 Å². The van der Waals surface area contributed by atoms with Gasteiger partial charge in [0.1, 0.15) is 29.6 Å². The van der Waals surface area contributed by atoms with Crippen molar-refractivity contribution in [1.82, 2.24) is 9.97 Å². The van der Waals surface area contributed by atoms with Crippen molar-refractivity contribution >= 4 is 17.3 Å². The largest absolute Gasteiger partial charge is 0.384 e. The summed E-state index contributed by atoms with van der Waals surface area (Å²) in [6.07, 6.45) is 1.26. The number of aromatic nitrogens is 2. The summed E-state index contributed by atoms with van der Waals surface area (Å²) in [5.41, 5.74) is 5.69. The Kier molecular flexibility index (Phi) is 2.63. The number of hydrogen-bond acceptors (Lipinski definition) is 4. The highest BCUT2D eigenvalue weighted by atomic mass is 19.1. The molecule has 0 aliphatic carbocycles. The SMILES string of the molecule is Nc1cc(Nc2cc(F)cc(F)c2)ncn1. The first-order valence-corrected chi connectivity index (χ1v) is 4.44. The van der Waals surface area contributed by atoms with Crippen LogP contribution in [0.2, 0.25) is 0 Å². The van der Waals surface area contributed by atoms with Crippen LogP contribution in [-0.2, 0) is 0 Å². The zero-order chi connectivity index (χ0) is 11.5. The molecule has 4 nitrogen and oxygen atoms in total. The molecule has 0 aliphatic rings. The number of nitrogen functional groups attached to an aromatic ring is 1. The minimum atomic E-state index is -0.662. The van der Waals surface area contributed by atoms with Crippen molar-refractivity contribution in [2.24, 2.45) is 0 Å². The fraction of sp³-hybridized carbons (Fsp3) is 0. The van der Waals surface area contributed by atoms with Gasteiger partial charge in [-0.2, -0.15) is 0 Å². The van der Waals surface area contributed by atoms with E-state index in [9.17, 15) is 8.78 Å². The van der Waals surface area contributed by atoms with E-state index >= 15 is 0 Å². The Morgan fingerprint density at radius 3 is 2.31 bits per heavy atom. The minimum absolute atomic E-state index is 0.260. The molecule has 0 atom stereocenters. The van der Waals surface area contributed by atoms with E-state index in [2.05, 4.69) is 15.3 Å². The van der Waals surface area contributed by atoms with Gasteiger partial charge in [-0.05, 0) is 12.1 Å². The first-order valence-electron chi connectivity index (χ1n) is 4.44. The number of rotatable bonds is 2. The number of nitrogens with one attached hydrogen (secondary N) is 1. The van der Waals surface area contributed by atoms with Crippen LogP contribution >= 0.6 is 0 Å². The van der Waals surface area contributed by atoms with E-state index in [-0.39, 0.29) is 11.5 Å². The second-order valence-electron chi connectivity index (χ2n) is 3.11. The topological polar surface area (TPSA) is 63.8 Å². The number of nitrogens with two attached hydrogens (primary N) is 1. The third-order valence-corrected chi connectivity index (χ3v) is 1.82. The van der Waals surface area contributed by atoms with Crippen LogP contribution in [0.25, 0.3) is 0 Å². The van der Waals surface area contributed by atoms with E-state index in [4.69, 9.17) is 5.73 Å². The van der Waals surface area contributed by atoms with Crippen molar-refractivity contribution < 1.29 is 8.78 Å². The van der Waals surface area contributed by atoms with Crippen LogP contribution in [0.15, 0.2) is 30.6 Å². The third-order valence-electron chi connectivity index (χ3n) is 1.82. The average Bonchev–Trinajstić information content (AvgIpc) is 2.15. The molecule has 0 aliphatic heterocycles. The summed E-state index contributed by atoms with van der Waals surface area (Å²) in [7, 11) is 0. The van der Waals surface area contributed by atoms with Crippen LogP contribution in [0.5, 0.6) is 0 Å². The van der Waals surface area contributed by atoms with Crippen LogP contribution in [0.4, 0.5) is 26.1 Å². The lowest BCUT2D eigenvalue weighted by Crippen LogP contribution is -1.98. The van der Waals surface area contributed by atoms with Crippen molar-refractivity contribution in [3.8, 4) is 0 Å². The molecule has 1 heterocycles. The van der Waals surface area contributed by atoms with Crippen LogP contribution in [0, 0.1) is 11.6 Å². The molecule has 6 heteroatoms. The van der Waals surface area contributed by atoms with Gasteiger partial charge in [0.25, 0.3) is 0 Å². The van der Waals surface area contributed by atoms with Gasteiger partial charge in [0.2, 0.25) is 0 Å². The van der Waals surface area contributed by atoms with Crippen molar-refractivity contribution in [1.29, 1.82) is 0 Å². The molecule has 2 aromatic rings. The smallest absolute Gasteiger partial charge is 0.135 e. The Morgan fingerprint density at radius 1 is 1.00 bits per heavy atom. The van der Waals surface area contributed by atoms with Crippen LogP contribution < -0.4 is 11.1 Å². The van der Waals surface area contributed by atoms with Crippen molar-refractivity contribution in [3.63, 3.8) is 0 Å². The van der Waals surface area contributed by atoms with Gasteiger partial charge in [-0.1, -0.05) is 0 Å². The van der Waals surface area contributed by atoms with E-state index in [0.717, 1.165) is 18.2 Å². The molecule has 0 unspecified atom stereocenters.